The second kappa shape index (κ2) is 8.77. The lowest BCUT2D eigenvalue weighted by molar-refractivity contribution is 0.0695. The van der Waals surface area contributed by atoms with Crippen molar-refractivity contribution >= 4 is 5.97 Å². The largest absolute Gasteiger partial charge is 0.478 e. The number of hydrogen-bond donors (Lipinski definition) is 1. The van der Waals surface area contributed by atoms with E-state index in [-0.39, 0.29) is 0 Å². The zero-order chi connectivity index (χ0) is 15.0. The van der Waals surface area contributed by atoms with E-state index in [1.807, 2.05) is 11.6 Å². The van der Waals surface area contributed by atoms with Gasteiger partial charge in [-0.05, 0) is 20.3 Å². The summed E-state index contributed by atoms with van der Waals surface area (Å²) in [5, 5.41) is 13.4. The van der Waals surface area contributed by atoms with E-state index in [4.69, 9.17) is 5.11 Å². The Morgan fingerprint density at radius 3 is 2.10 bits per heavy atom. The Hall–Kier alpha value is -1.32. The highest BCUT2D eigenvalue weighted by atomic mass is 16.4. The molecule has 0 spiro atoms. The number of rotatable bonds is 10. The number of aryl methyl sites for hydroxylation is 2. The number of carboxylic acid groups (broad SMARTS) is 1. The molecule has 0 aromatic carbocycles. The van der Waals surface area contributed by atoms with Gasteiger partial charge in [0.05, 0.1) is 11.4 Å². The summed E-state index contributed by atoms with van der Waals surface area (Å²) in [5.74, 6) is -0.873. The predicted octanol–water partition coefficient (Wildman–Crippen LogP) is 4.34. The first kappa shape index (κ1) is 16.7. The van der Waals surface area contributed by atoms with Gasteiger partial charge in [-0.3, -0.25) is 4.68 Å². The molecular weight excluding hydrogens is 252 g/mol. The Kier molecular flexibility index (Phi) is 7.34. The average Bonchev–Trinajstić information content (AvgIpc) is 2.67. The van der Waals surface area contributed by atoms with Gasteiger partial charge in [0.1, 0.15) is 5.56 Å². The van der Waals surface area contributed by atoms with E-state index in [0.717, 1.165) is 18.7 Å². The van der Waals surface area contributed by atoms with Gasteiger partial charge in [-0.1, -0.05) is 51.9 Å². The third kappa shape index (κ3) is 4.99. The third-order valence-corrected chi connectivity index (χ3v) is 3.82. The maximum Gasteiger partial charge on any atom is 0.339 e. The lowest BCUT2D eigenvalue weighted by atomic mass is 10.1. The van der Waals surface area contributed by atoms with Gasteiger partial charge < -0.3 is 5.11 Å². The number of aromatic carboxylic acids is 1. The molecule has 1 aromatic rings. The molecule has 0 fully saturated rings. The van der Waals surface area contributed by atoms with Crippen LogP contribution in [0, 0.1) is 13.8 Å². The molecule has 0 bridgehead atoms. The van der Waals surface area contributed by atoms with Crippen molar-refractivity contribution in [2.75, 3.05) is 0 Å². The maximum absolute atomic E-state index is 11.1. The van der Waals surface area contributed by atoms with E-state index in [1.165, 1.54) is 44.9 Å². The zero-order valence-corrected chi connectivity index (χ0v) is 13.1. The minimum absolute atomic E-state index is 0.365. The van der Waals surface area contributed by atoms with E-state index in [2.05, 4.69) is 12.0 Å². The summed E-state index contributed by atoms with van der Waals surface area (Å²) in [4.78, 5) is 11.1. The Morgan fingerprint density at radius 1 is 1.05 bits per heavy atom. The topological polar surface area (TPSA) is 55.1 Å². The Morgan fingerprint density at radius 2 is 1.60 bits per heavy atom. The fourth-order valence-corrected chi connectivity index (χ4v) is 2.62. The molecule has 20 heavy (non-hydrogen) atoms. The van der Waals surface area contributed by atoms with E-state index in [1.54, 1.807) is 6.92 Å². The molecule has 1 N–H and O–H groups in total. The molecular formula is C16H28N2O2. The molecule has 1 heterocycles. The van der Waals surface area contributed by atoms with E-state index in [0.29, 0.717) is 11.3 Å². The van der Waals surface area contributed by atoms with Gasteiger partial charge in [-0.25, -0.2) is 4.79 Å². The highest BCUT2D eigenvalue weighted by molar-refractivity contribution is 5.90. The number of carbonyl (C=O) groups is 1. The molecule has 0 radical (unpaired) electrons. The molecule has 4 heteroatoms. The third-order valence-electron chi connectivity index (χ3n) is 3.82. The molecule has 0 aliphatic rings. The van der Waals surface area contributed by atoms with Gasteiger partial charge in [0.2, 0.25) is 0 Å². The first-order valence-electron chi connectivity index (χ1n) is 7.85. The normalized spacial score (nSPS) is 10.9. The average molecular weight is 280 g/mol. The lowest BCUT2D eigenvalue weighted by Gasteiger charge is -2.05. The summed E-state index contributed by atoms with van der Waals surface area (Å²) in [7, 11) is 0. The van der Waals surface area contributed by atoms with Crippen molar-refractivity contribution in [3.63, 3.8) is 0 Å². The minimum Gasteiger partial charge on any atom is -0.478 e. The van der Waals surface area contributed by atoms with Crippen LogP contribution in [0.2, 0.25) is 0 Å². The summed E-state index contributed by atoms with van der Waals surface area (Å²) in [5.41, 5.74) is 1.76. The van der Waals surface area contributed by atoms with E-state index in [9.17, 15) is 4.79 Å². The van der Waals surface area contributed by atoms with Crippen molar-refractivity contribution in [2.24, 2.45) is 0 Å². The molecule has 0 saturated carbocycles. The fraction of sp³-hybridized carbons (Fsp3) is 0.750. The number of aromatic nitrogens is 2. The molecule has 1 aromatic heterocycles. The van der Waals surface area contributed by atoms with Crippen LogP contribution in [0.5, 0.6) is 0 Å². The molecule has 1 rings (SSSR count). The van der Waals surface area contributed by atoms with Crippen LogP contribution in [0.4, 0.5) is 0 Å². The van der Waals surface area contributed by atoms with Crippen molar-refractivity contribution in [3.05, 3.63) is 17.0 Å². The van der Waals surface area contributed by atoms with Crippen molar-refractivity contribution in [3.8, 4) is 0 Å². The van der Waals surface area contributed by atoms with Crippen molar-refractivity contribution in [1.82, 2.24) is 9.78 Å². The first-order chi connectivity index (χ1) is 9.57. The van der Waals surface area contributed by atoms with Gasteiger partial charge in [0, 0.05) is 6.54 Å². The van der Waals surface area contributed by atoms with Gasteiger partial charge in [-0.15, -0.1) is 0 Å². The standard InChI is InChI=1S/C16H28N2O2/c1-4-5-6-7-8-9-10-11-12-18-14(3)15(16(19)20)13(2)17-18/h4-12H2,1-3H3,(H,19,20). The quantitative estimate of drug-likeness (QED) is 0.649. The molecule has 0 aliphatic heterocycles. The zero-order valence-electron chi connectivity index (χ0n) is 13.1. The molecule has 114 valence electrons. The van der Waals surface area contributed by atoms with Crippen LogP contribution in [0.3, 0.4) is 0 Å². The van der Waals surface area contributed by atoms with Gasteiger partial charge in [0.15, 0.2) is 0 Å². The van der Waals surface area contributed by atoms with Crippen LogP contribution in [0.15, 0.2) is 0 Å². The highest BCUT2D eigenvalue weighted by Crippen LogP contribution is 2.14. The van der Waals surface area contributed by atoms with Crippen LogP contribution >= 0.6 is 0 Å². The van der Waals surface area contributed by atoms with Crippen LogP contribution in [0.25, 0.3) is 0 Å². The van der Waals surface area contributed by atoms with Gasteiger partial charge >= 0.3 is 5.97 Å². The van der Waals surface area contributed by atoms with Crippen molar-refractivity contribution in [2.45, 2.75) is 78.7 Å². The van der Waals surface area contributed by atoms with E-state index < -0.39 is 5.97 Å². The van der Waals surface area contributed by atoms with Crippen LogP contribution in [-0.2, 0) is 6.54 Å². The van der Waals surface area contributed by atoms with Crippen LogP contribution in [-0.4, -0.2) is 20.9 Å². The minimum atomic E-state index is -0.873. The fourth-order valence-electron chi connectivity index (χ4n) is 2.62. The molecule has 0 saturated heterocycles. The molecule has 4 nitrogen and oxygen atoms in total. The number of hydrogen-bond acceptors (Lipinski definition) is 2. The Balaban J connectivity index is 2.26. The number of carboxylic acids is 1. The summed E-state index contributed by atoms with van der Waals surface area (Å²) < 4.78 is 1.84. The first-order valence-corrected chi connectivity index (χ1v) is 7.85. The lowest BCUT2D eigenvalue weighted by Crippen LogP contribution is -2.04. The Labute approximate surface area is 122 Å². The molecule has 0 unspecified atom stereocenters. The maximum atomic E-state index is 11.1. The summed E-state index contributed by atoms with van der Waals surface area (Å²) in [6, 6.07) is 0. The summed E-state index contributed by atoms with van der Waals surface area (Å²) >= 11 is 0. The van der Waals surface area contributed by atoms with E-state index >= 15 is 0 Å². The molecule has 0 aliphatic carbocycles. The summed E-state index contributed by atoms with van der Waals surface area (Å²) in [6.07, 6.45) is 10.2. The van der Waals surface area contributed by atoms with Crippen LogP contribution < -0.4 is 0 Å². The van der Waals surface area contributed by atoms with Gasteiger partial charge in [-0.2, -0.15) is 5.10 Å². The molecule has 0 atom stereocenters. The van der Waals surface area contributed by atoms with Gasteiger partial charge in [0.25, 0.3) is 0 Å². The SMILES string of the molecule is CCCCCCCCCCn1nc(C)c(C(=O)O)c1C. The predicted molar refractivity (Wildman–Crippen MR) is 81.3 cm³/mol. The van der Waals surface area contributed by atoms with Crippen molar-refractivity contribution in [1.29, 1.82) is 0 Å². The molecule has 0 amide bonds. The van der Waals surface area contributed by atoms with Crippen molar-refractivity contribution < 1.29 is 9.90 Å². The monoisotopic (exact) mass is 280 g/mol. The number of nitrogens with zero attached hydrogens (tertiary/aromatic N) is 2. The number of unbranched alkanes of at least 4 members (excludes halogenated alkanes) is 7. The smallest absolute Gasteiger partial charge is 0.339 e. The Bertz CT molecular complexity index is 424. The van der Waals surface area contributed by atoms with Crippen LogP contribution in [0.1, 0.15) is 80.0 Å². The second-order valence-electron chi connectivity index (χ2n) is 5.55. The summed E-state index contributed by atoms with van der Waals surface area (Å²) in [6.45, 7) is 6.67. The highest BCUT2D eigenvalue weighted by Gasteiger charge is 2.16. The second-order valence-corrected chi connectivity index (χ2v) is 5.55.